The normalized spacial score (nSPS) is 15.4. The van der Waals surface area contributed by atoms with Crippen molar-refractivity contribution in [3.8, 4) is 0 Å². The van der Waals surface area contributed by atoms with Gasteiger partial charge in [0.1, 0.15) is 0 Å². The molecule has 2 aromatic rings. The molecule has 0 bridgehead atoms. The summed E-state index contributed by atoms with van der Waals surface area (Å²) in [5.74, 6) is -0.352. The van der Waals surface area contributed by atoms with Crippen LogP contribution in [0.4, 0.5) is 13.2 Å². The van der Waals surface area contributed by atoms with Gasteiger partial charge in [0, 0.05) is 32.2 Å². The van der Waals surface area contributed by atoms with Crippen LogP contribution in [-0.4, -0.2) is 43.7 Å². The first-order valence-electron chi connectivity index (χ1n) is 9.11. The summed E-state index contributed by atoms with van der Waals surface area (Å²) < 4.78 is 64.4. The fourth-order valence-electron chi connectivity index (χ4n) is 3.21. The van der Waals surface area contributed by atoms with Crippen LogP contribution in [0.25, 0.3) is 0 Å². The molecule has 9 heteroatoms. The minimum atomic E-state index is -4.41. The molecule has 1 fully saturated rings. The van der Waals surface area contributed by atoms with Gasteiger partial charge in [-0.15, -0.1) is 0 Å². The molecule has 0 aliphatic carbocycles. The molecule has 2 aromatic carbocycles. The predicted octanol–water partition coefficient (Wildman–Crippen LogP) is 3.76. The number of carbonyl (C=O) groups is 1. The maximum atomic E-state index is 12.6. The van der Waals surface area contributed by atoms with Gasteiger partial charge >= 0.3 is 6.18 Å². The van der Waals surface area contributed by atoms with Gasteiger partial charge in [-0.2, -0.15) is 17.5 Å². The highest BCUT2D eigenvalue weighted by Crippen LogP contribution is 2.29. The smallest absolute Gasteiger partial charge is 0.337 e. The summed E-state index contributed by atoms with van der Waals surface area (Å²) in [5, 5.41) is 0. The first-order valence-corrected chi connectivity index (χ1v) is 10.5. The fraction of sp³-hybridized carbons (Fsp3) is 0.350. The molecular weight excluding hydrogens is 405 g/mol. The van der Waals surface area contributed by atoms with Crippen LogP contribution in [0.2, 0.25) is 0 Å². The van der Waals surface area contributed by atoms with E-state index in [1.54, 1.807) is 0 Å². The van der Waals surface area contributed by atoms with E-state index in [0.717, 1.165) is 25.0 Å². The lowest BCUT2D eigenvalue weighted by molar-refractivity contribution is -0.137. The molecule has 29 heavy (non-hydrogen) atoms. The molecule has 0 aromatic heterocycles. The average molecular weight is 426 g/mol. The average Bonchev–Trinajstić information content (AvgIpc) is 3.23. The van der Waals surface area contributed by atoms with Crippen LogP contribution in [0.15, 0.2) is 53.4 Å². The highest BCUT2D eigenvalue weighted by atomic mass is 32.2. The standard InChI is InChI=1S/C20H21F3N2O3S/c1-24(14-15-4-8-17(9-5-15)20(21,22)23)19(26)16-6-10-18(11-7-16)29(27,28)25-12-2-3-13-25/h4-11H,2-3,12-14H2,1H3. The molecule has 1 aliphatic rings. The first kappa shape index (κ1) is 21.3. The van der Waals surface area contributed by atoms with Crippen molar-refractivity contribution in [2.75, 3.05) is 20.1 Å². The molecule has 5 nitrogen and oxygen atoms in total. The van der Waals surface area contributed by atoms with Crippen molar-refractivity contribution in [3.05, 3.63) is 65.2 Å². The molecule has 156 valence electrons. The van der Waals surface area contributed by atoms with E-state index in [1.165, 1.54) is 52.7 Å². The molecular formula is C20H21F3N2O3S. The van der Waals surface area contributed by atoms with Gasteiger partial charge in [-0.1, -0.05) is 12.1 Å². The summed E-state index contributed by atoms with van der Waals surface area (Å²) in [4.78, 5) is 14.1. The van der Waals surface area contributed by atoms with Crippen LogP contribution >= 0.6 is 0 Å². The number of nitrogens with zero attached hydrogens (tertiary/aromatic N) is 2. The molecule has 0 unspecified atom stereocenters. The van der Waals surface area contributed by atoms with Crippen molar-refractivity contribution in [2.45, 2.75) is 30.5 Å². The van der Waals surface area contributed by atoms with Crippen LogP contribution in [-0.2, 0) is 22.7 Å². The van der Waals surface area contributed by atoms with Crippen molar-refractivity contribution in [3.63, 3.8) is 0 Å². The monoisotopic (exact) mass is 426 g/mol. The summed E-state index contributed by atoms with van der Waals surface area (Å²) in [5.41, 5.74) is 0.117. The van der Waals surface area contributed by atoms with E-state index in [2.05, 4.69) is 0 Å². The van der Waals surface area contributed by atoms with Crippen molar-refractivity contribution in [2.24, 2.45) is 0 Å². The number of benzene rings is 2. The van der Waals surface area contributed by atoms with E-state index in [4.69, 9.17) is 0 Å². The Morgan fingerprint density at radius 1 is 1.00 bits per heavy atom. The van der Waals surface area contributed by atoms with Crippen LogP contribution in [0.1, 0.15) is 34.3 Å². The van der Waals surface area contributed by atoms with Crippen LogP contribution in [0.5, 0.6) is 0 Å². The van der Waals surface area contributed by atoms with Crippen LogP contribution in [0.3, 0.4) is 0 Å². The van der Waals surface area contributed by atoms with Gasteiger partial charge in [0.05, 0.1) is 10.5 Å². The second-order valence-electron chi connectivity index (χ2n) is 6.99. The molecule has 1 amide bonds. The molecule has 1 saturated heterocycles. The van der Waals surface area contributed by atoms with E-state index in [-0.39, 0.29) is 17.3 Å². The summed E-state index contributed by atoms with van der Waals surface area (Å²) >= 11 is 0. The van der Waals surface area contributed by atoms with E-state index in [0.29, 0.717) is 24.2 Å². The largest absolute Gasteiger partial charge is 0.416 e. The third-order valence-electron chi connectivity index (χ3n) is 4.85. The number of sulfonamides is 1. The van der Waals surface area contributed by atoms with E-state index in [9.17, 15) is 26.4 Å². The van der Waals surface area contributed by atoms with Crippen molar-refractivity contribution in [1.82, 2.24) is 9.21 Å². The minimum Gasteiger partial charge on any atom is -0.337 e. The SMILES string of the molecule is CN(Cc1ccc(C(F)(F)F)cc1)C(=O)c1ccc(S(=O)(=O)N2CCCC2)cc1. The minimum absolute atomic E-state index is 0.130. The zero-order chi connectivity index (χ0) is 21.2. The summed E-state index contributed by atoms with van der Waals surface area (Å²) in [7, 11) is -2.01. The van der Waals surface area contributed by atoms with E-state index >= 15 is 0 Å². The number of hydrogen-bond donors (Lipinski definition) is 0. The summed E-state index contributed by atoms with van der Waals surface area (Å²) in [6.45, 7) is 1.13. The second-order valence-corrected chi connectivity index (χ2v) is 8.93. The predicted molar refractivity (Wildman–Crippen MR) is 102 cm³/mol. The van der Waals surface area contributed by atoms with Gasteiger partial charge in [-0.05, 0) is 54.8 Å². The number of amides is 1. The number of alkyl halides is 3. The molecule has 0 saturated carbocycles. The van der Waals surface area contributed by atoms with Crippen molar-refractivity contribution >= 4 is 15.9 Å². The van der Waals surface area contributed by atoms with E-state index < -0.39 is 21.8 Å². The Hall–Kier alpha value is -2.39. The highest BCUT2D eigenvalue weighted by molar-refractivity contribution is 7.89. The first-order chi connectivity index (χ1) is 13.6. The van der Waals surface area contributed by atoms with Crippen LogP contribution in [0, 0.1) is 0 Å². The van der Waals surface area contributed by atoms with Crippen molar-refractivity contribution in [1.29, 1.82) is 0 Å². The fourth-order valence-corrected chi connectivity index (χ4v) is 4.73. The molecule has 0 radical (unpaired) electrons. The molecule has 0 N–H and O–H groups in total. The maximum Gasteiger partial charge on any atom is 0.416 e. The third kappa shape index (κ3) is 4.79. The number of halogens is 3. The highest BCUT2D eigenvalue weighted by Gasteiger charge is 2.30. The lowest BCUT2D eigenvalue weighted by Gasteiger charge is -2.19. The number of carbonyl (C=O) groups excluding carboxylic acids is 1. The Morgan fingerprint density at radius 2 is 1.55 bits per heavy atom. The van der Waals surface area contributed by atoms with Gasteiger partial charge in [0.2, 0.25) is 10.0 Å². The van der Waals surface area contributed by atoms with Crippen molar-refractivity contribution < 1.29 is 26.4 Å². The number of hydrogen-bond acceptors (Lipinski definition) is 3. The molecule has 3 rings (SSSR count). The molecule has 1 aliphatic heterocycles. The maximum absolute atomic E-state index is 12.6. The van der Waals surface area contributed by atoms with Crippen LogP contribution < -0.4 is 0 Å². The zero-order valence-electron chi connectivity index (χ0n) is 15.8. The van der Waals surface area contributed by atoms with Gasteiger partial charge in [-0.3, -0.25) is 4.79 Å². The molecule has 0 spiro atoms. The molecule has 0 atom stereocenters. The molecule has 1 heterocycles. The summed E-state index contributed by atoms with van der Waals surface area (Å²) in [6.07, 6.45) is -2.73. The van der Waals surface area contributed by atoms with Gasteiger partial charge in [0.15, 0.2) is 0 Å². The second kappa shape index (κ2) is 8.16. The Labute approximate surface area is 167 Å². The lowest BCUT2D eigenvalue weighted by Crippen LogP contribution is -2.28. The summed E-state index contributed by atoms with van der Waals surface area (Å²) in [6, 6.07) is 10.3. The van der Waals surface area contributed by atoms with Gasteiger partial charge in [-0.25, -0.2) is 8.42 Å². The third-order valence-corrected chi connectivity index (χ3v) is 6.76. The Morgan fingerprint density at radius 3 is 2.07 bits per heavy atom. The number of rotatable bonds is 5. The lowest BCUT2D eigenvalue weighted by atomic mass is 10.1. The zero-order valence-corrected chi connectivity index (χ0v) is 16.6. The Balaban J connectivity index is 1.68. The Kier molecular flexibility index (Phi) is 6.00. The van der Waals surface area contributed by atoms with E-state index in [1.807, 2.05) is 0 Å². The van der Waals surface area contributed by atoms with Gasteiger partial charge < -0.3 is 4.90 Å². The quantitative estimate of drug-likeness (QED) is 0.732. The van der Waals surface area contributed by atoms with Gasteiger partial charge in [0.25, 0.3) is 5.91 Å². The topological polar surface area (TPSA) is 57.7 Å². The Bertz CT molecular complexity index is 966.